The summed E-state index contributed by atoms with van der Waals surface area (Å²) in [5.41, 5.74) is 10.1. The fourth-order valence-electron chi connectivity index (χ4n) is 8.60. The molecule has 63 heavy (non-hydrogen) atoms. The van der Waals surface area contributed by atoms with Crippen molar-refractivity contribution in [1.29, 1.82) is 0 Å². The summed E-state index contributed by atoms with van der Waals surface area (Å²) >= 11 is 1.61. The van der Waals surface area contributed by atoms with E-state index < -0.39 is 60.4 Å². The van der Waals surface area contributed by atoms with Gasteiger partial charge in [-0.3, -0.25) is 9.88 Å². The van der Waals surface area contributed by atoms with E-state index in [4.69, 9.17) is 18.7 Å². The van der Waals surface area contributed by atoms with E-state index >= 15 is 0 Å². The Morgan fingerprint density at radius 1 is 0.524 bits per heavy atom. The minimum absolute atomic E-state index is 0.0785. The first-order valence-corrected chi connectivity index (χ1v) is 21.5. The summed E-state index contributed by atoms with van der Waals surface area (Å²) in [6.07, 6.45) is 5.62. The molecule has 0 spiro atoms. The number of benzene rings is 7. The zero-order valence-corrected chi connectivity index (χ0v) is 35.5. The summed E-state index contributed by atoms with van der Waals surface area (Å²) in [5, 5.41) is 0. The van der Waals surface area contributed by atoms with Crippen LogP contribution in [0.2, 0.25) is 0 Å². The van der Waals surface area contributed by atoms with E-state index in [1.165, 1.54) is 0 Å². The van der Waals surface area contributed by atoms with Crippen LogP contribution in [0.4, 0.5) is 39.9 Å². The molecule has 5 nitrogen and oxygen atoms in total. The third-order valence-electron chi connectivity index (χ3n) is 11.6. The van der Waals surface area contributed by atoms with Gasteiger partial charge in [0.1, 0.15) is 12.5 Å². The van der Waals surface area contributed by atoms with Crippen molar-refractivity contribution in [1.82, 2.24) is 9.97 Å². The second-order valence-corrected chi connectivity index (χ2v) is 17.5. The zero-order valence-electron chi connectivity index (χ0n) is 44.7. The molecule has 6 heteroatoms. The van der Waals surface area contributed by atoms with Gasteiger partial charge in [-0.1, -0.05) is 160 Å². The number of fused-ring (bicyclic) bond motifs is 6. The summed E-state index contributed by atoms with van der Waals surface area (Å²) in [4.78, 5) is 17.8. The highest BCUT2D eigenvalue weighted by Gasteiger charge is 2.32. The predicted molar refractivity (Wildman–Crippen MR) is 263 cm³/mol. The highest BCUT2D eigenvalue weighted by atomic mass is 32.2. The van der Waals surface area contributed by atoms with Crippen molar-refractivity contribution in [3.05, 3.63) is 212 Å². The van der Waals surface area contributed by atoms with Gasteiger partial charge in [0.2, 0.25) is 0 Å². The molecule has 0 saturated heterocycles. The van der Waals surface area contributed by atoms with Gasteiger partial charge in [-0.15, -0.1) is 0 Å². The molecule has 4 heterocycles. The minimum Gasteiger partial charge on any atom is -0.321 e. The topological polar surface area (TPSA) is 35.5 Å². The van der Waals surface area contributed by atoms with Gasteiger partial charge in [0.25, 0.3) is 0 Å². The molecule has 0 atom stereocenters. The van der Waals surface area contributed by atoms with E-state index in [0.29, 0.717) is 11.4 Å². The first-order valence-electron chi connectivity index (χ1n) is 25.7. The summed E-state index contributed by atoms with van der Waals surface area (Å²) in [6, 6.07) is 37.1. The van der Waals surface area contributed by atoms with Crippen LogP contribution in [-0.4, -0.2) is 16.6 Å². The number of rotatable bonds is 7. The van der Waals surface area contributed by atoms with Crippen LogP contribution in [0.15, 0.2) is 216 Å². The summed E-state index contributed by atoms with van der Waals surface area (Å²) in [7, 11) is 0. The molecule has 0 fully saturated rings. The van der Waals surface area contributed by atoms with Crippen LogP contribution in [0.3, 0.4) is 0 Å². The zero-order chi connectivity index (χ0) is 51.2. The Hall–Kier alpha value is -7.41. The van der Waals surface area contributed by atoms with Gasteiger partial charge in [-0.25, -0.2) is 4.98 Å². The van der Waals surface area contributed by atoms with E-state index in [1.54, 1.807) is 30.0 Å². The minimum atomic E-state index is -0.545. The molecular weight excluding hydrogens is 787 g/mol. The Morgan fingerprint density at radius 3 is 1.87 bits per heavy atom. The number of nitrogens with zero attached hydrogens (tertiary/aromatic N) is 5. The lowest BCUT2D eigenvalue weighted by Gasteiger charge is -2.28. The molecule has 0 amide bonds. The highest BCUT2D eigenvalue weighted by Crippen LogP contribution is 2.53. The lowest BCUT2D eigenvalue weighted by atomic mass is 9.87. The summed E-state index contributed by atoms with van der Waals surface area (Å²) in [6.45, 7) is 6.74. The molecule has 304 valence electrons. The van der Waals surface area contributed by atoms with Gasteiger partial charge in [-0.05, 0) is 93.9 Å². The number of anilines is 7. The third-order valence-corrected chi connectivity index (χ3v) is 12.5. The Balaban J connectivity index is 1.03. The van der Waals surface area contributed by atoms with Crippen molar-refractivity contribution in [2.24, 2.45) is 0 Å². The molecular formula is C57H45N5S. The van der Waals surface area contributed by atoms with Crippen LogP contribution < -0.4 is 14.7 Å². The van der Waals surface area contributed by atoms with Crippen molar-refractivity contribution in [3.63, 3.8) is 0 Å². The molecule has 9 aromatic rings. The second kappa shape index (κ2) is 15.8. The molecule has 2 aliphatic rings. The van der Waals surface area contributed by atoms with Gasteiger partial charge >= 0.3 is 0 Å². The maximum atomic E-state index is 9.07. The van der Waals surface area contributed by atoms with E-state index in [2.05, 4.69) is 102 Å². The molecule has 2 aromatic heterocycles. The van der Waals surface area contributed by atoms with Gasteiger partial charge < -0.3 is 9.80 Å². The second-order valence-electron chi connectivity index (χ2n) is 16.4. The van der Waals surface area contributed by atoms with Crippen LogP contribution in [0.5, 0.6) is 0 Å². The summed E-state index contributed by atoms with van der Waals surface area (Å²) in [5.74, 6) is 0.790. The molecule has 0 bridgehead atoms. The Labute approximate surface area is 388 Å². The first-order chi connectivity index (χ1) is 35.0. The Kier molecular flexibility index (Phi) is 7.27. The van der Waals surface area contributed by atoms with Gasteiger partial charge in [0.15, 0.2) is 0 Å². The molecule has 0 N–H and O–H groups in total. The lowest BCUT2D eigenvalue weighted by Crippen LogP contribution is -2.25. The van der Waals surface area contributed by atoms with E-state index in [0.717, 1.165) is 66.2 Å². The van der Waals surface area contributed by atoms with Crippen LogP contribution in [0.1, 0.15) is 40.0 Å². The summed E-state index contributed by atoms with van der Waals surface area (Å²) < 4.78 is 87.5. The van der Waals surface area contributed by atoms with E-state index in [-0.39, 0.29) is 34.3 Å². The van der Waals surface area contributed by atoms with Gasteiger partial charge in [0.05, 0.1) is 42.1 Å². The van der Waals surface area contributed by atoms with Crippen molar-refractivity contribution in [3.8, 4) is 44.5 Å². The van der Waals surface area contributed by atoms with Gasteiger partial charge in [-0.2, -0.15) is 0 Å². The molecule has 0 aliphatic carbocycles. The standard InChI is InChI=1S/C57H45N5S/c1-57(2,3)41-30-33-59-55(34-41)62-51-31-32-58-37-50(51)48-23-11-10-22-47(48)49-29-28-44(36-54(49)62)63-43-21-14-20-42(35-43)60-38-61(53-27-13-12-26-52(53)60)56-45(39-16-6-4-7-17-39)24-15-25-46(56)40-18-8-5-9-19-40/h4-37H,38H2,1-3H3/i4D,5D,6D,7D,8D,9D,16D,17D,18D,19D. The Morgan fingerprint density at radius 2 is 1.16 bits per heavy atom. The highest BCUT2D eigenvalue weighted by molar-refractivity contribution is 7.99. The Bertz CT molecular complexity index is 3600. The van der Waals surface area contributed by atoms with Crippen LogP contribution >= 0.6 is 11.8 Å². The average Bonchev–Trinajstić information content (AvgIpc) is 3.73. The lowest BCUT2D eigenvalue weighted by molar-refractivity contribution is 0.589. The predicted octanol–water partition coefficient (Wildman–Crippen LogP) is 15.6. The molecule has 0 radical (unpaired) electrons. The van der Waals surface area contributed by atoms with E-state index in [9.17, 15) is 0 Å². The van der Waals surface area contributed by atoms with Crippen LogP contribution in [0, 0.1) is 0 Å². The first kappa shape index (κ1) is 29.0. The fourth-order valence-corrected chi connectivity index (χ4v) is 9.50. The fraction of sp³-hybridized carbons (Fsp3) is 0.0877. The van der Waals surface area contributed by atoms with Crippen molar-refractivity contribution in [2.45, 2.75) is 36.0 Å². The van der Waals surface area contributed by atoms with Crippen LogP contribution in [-0.2, 0) is 5.41 Å². The largest absolute Gasteiger partial charge is 0.321 e. The molecule has 7 aromatic carbocycles. The number of hydrogen-bond donors (Lipinski definition) is 0. The van der Waals surface area contributed by atoms with E-state index in [1.807, 2.05) is 66.0 Å². The average molecular weight is 842 g/mol. The smallest absolute Gasteiger partial charge is 0.137 e. The van der Waals surface area contributed by atoms with Crippen molar-refractivity contribution >= 4 is 51.7 Å². The number of hydrogen-bond acceptors (Lipinski definition) is 6. The molecule has 11 rings (SSSR count). The van der Waals surface area contributed by atoms with Gasteiger partial charge in [0, 0.05) is 56.3 Å². The molecule has 0 unspecified atom stereocenters. The normalized spacial score (nSPS) is 15.1. The molecule has 2 aliphatic heterocycles. The quantitative estimate of drug-likeness (QED) is 0.159. The SMILES string of the molecule is [2H]c1c([2H])c([2H])c(-c2cccc(-c3c([2H])c([2H])c([2H])c([2H])c3[2H])c2N2CN(c3cccc(Sc4ccc5c(c4)N(c4cc(C(C)(C)C)ccn4)c4ccncc4-c4ccccc4-5)c3)c3ccccc32)c([2H])c1[2H]. The maximum absolute atomic E-state index is 9.07. The molecule has 0 saturated carbocycles. The third kappa shape index (κ3) is 7.03. The van der Waals surface area contributed by atoms with Crippen molar-refractivity contribution in [2.75, 3.05) is 21.4 Å². The number of aromatic nitrogens is 2. The van der Waals surface area contributed by atoms with Crippen molar-refractivity contribution < 1.29 is 13.7 Å². The monoisotopic (exact) mass is 841 g/mol. The van der Waals surface area contributed by atoms with Crippen LogP contribution in [0.25, 0.3) is 44.5 Å². The number of pyridine rings is 2. The maximum Gasteiger partial charge on any atom is 0.137 e. The number of para-hydroxylation sites is 3.